The largest absolute Gasteiger partial charge is 0.323 e. The van der Waals surface area contributed by atoms with Crippen molar-refractivity contribution in [2.24, 2.45) is 0 Å². The monoisotopic (exact) mass is 307 g/mol. The normalized spacial score (nSPS) is 19.7. The van der Waals surface area contributed by atoms with Crippen LogP contribution in [0.3, 0.4) is 0 Å². The maximum atomic E-state index is 12.4. The van der Waals surface area contributed by atoms with E-state index in [1.165, 1.54) is 4.31 Å². The molecule has 1 N–H and O–H groups in total. The number of carbonyl (C=O) groups is 1. The van der Waals surface area contributed by atoms with Gasteiger partial charge in [-0.25, -0.2) is 8.42 Å². The Balaban J connectivity index is 2.21. The summed E-state index contributed by atoms with van der Waals surface area (Å²) >= 11 is 0. The fourth-order valence-corrected chi connectivity index (χ4v) is 3.59. The number of amides is 1. The first kappa shape index (κ1) is 15.5. The van der Waals surface area contributed by atoms with Crippen LogP contribution in [0.15, 0.2) is 24.3 Å². The Labute approximate surface area is 124 Å². The predicted octanol–water partition coefficient (Wildman–Crippen LogP) is 1.31. The number of rotatable bonds is 3. The van der Waals surface area contributed by atoms with Crippen LogP contribution in [0, 0.1) is 11.3 Å². The summed E-state index contributed by atoms with van der Waals surface area (Å²) < 4.78 is 24.8. The fraction of sp³-hybridized carbons (Fsp3) is 0.429. The third-order valence-corrected chi connectivity index (χ3v) is 4.78. The van der Waals surface area contributed by atoms with Crippen molar-refractivity contribution < 1.29 is 13.2 Å². The van der Waals surface area contributed by atoms with Crippen LogP contribution in [-0.4, -0.2) is 37.5 Å². The van der Waals surface area contributed by atoms with Gasteiger partial charge in [0, 0.05) is 6.54 Å². The van der Waals surface area contributed by atoms with Crippen molar-refractivity contribution in [3.63, 3.8) is 0 Å². The molecule has 1 aliphatic rings. The van der Waals surface area contributed by atoms with Crippen LogP contribution in [0.25, 0.3) is 0 Å². The molecule has 1 aromatic carbocycles. The van der Waals surface area contributed by atoms with Crippen molar-refractivity contribution >= 4 is 21.6 Å². The van der Waals surface area contributed by atoms with Crippen LogP contribution in [0.4, 0.5) is 5.69 Å². The molecule has 0 aromatic heterocycles. The minimum Gasteiger partial charge on any atom is -0.323 e. The summed E-state index contributed by atoms with van der Waals surface area (Å²) in [5.74, 6) is -0.386. The Morgan fingerprint density at radius 3 is 2.76 bits per heavy atom. The molecule has 1 saturated heterocycles. The molecule has 0 radical (unpaired) electrons. The second kappa shape index (κ2) is 6.24. The zero-order valence-electron chi connectivity index (χ0n) is 11.7. The molecule has 1 fully saturated rings. The number of hydrogen-bond acceptors (Lipinski definition) is 4. The number of nitrogens with one attached hydrogen (secondary N) is 1. The quantitative estimate of drug-likeness (QED) is 0.911. The molecule has 0 aliphatic carbocycles. The van der Waals surface area contributed by atoms with Crippen molar-refractivity contribution in [2.75, 3.05) is 18.1 Å². The van der Waals surface area contributed by atoms with Crippen molar-refractivity contribution in [3.8, 4) is 6.07 Å². The molecule has 0 spiro atoms. The SMILES string of the molecule is CS(=O)(=O)N1CCCCC1C(=O)Nc1ccccc1C#N. The summed E-state index contributed by atoms with van der Waals surface area (Å²) in [6, 6.07) is 7.94. The first-order valence-electron chi connectivity index (χ1n) is 6.70. The smallest absolute Gasteiger partial charge is 0.242 e. The standard InChI is InChI=1S/C14H17N3O3S/c1-21(19,20)17-9-5-4-8-13(17)14(18)16-12-7-3-2-6-11(12)10-15/h2-3,6-7,13H,4-5,8-9H2,1H3,(H,16,18). The number of benzene rings is 1. The predicted molar refractivity (Wildman–Crippen MR) is 79.0 cm³/mol. The van der Waals surface area contributed by atoms with Gasteiger partial charge in [0.2, 0.25) is 15.9 Å². The number of piperidine rings is 1. The molecule has 1 aromatic rings. The number of sulfonamides is 1. The summed E-state index contributed by atoms with van der Waals surface area (Å²) in [6.45, 7) is 0.358. The Kier molecular flexibility index (Phi) is 4.60. The number of para-hydroxylation sites is 1. The molecular weight excluding hydrogens is 290 g/mol. The summed E-state index contributed by atoms with van der Waals surface area (Å²) in [5.41, 5.74) is 0.761. The summed E-state index contributed by atoms with van der Waals surface area (Å²) in [7, 11) is -3.42. The maximum Gasteiger partial charge on any atom is 0.242 e. The second-order valence-electron chi connectivity index (χ2n) is 5.03. The Morgan fingerprint density at radius 1 is 1.38 bits per heavy atom. The average Bonchev–Trinajstić information content (AvgIpc) is 2.47. The van der Waals surface area contributed by atoms with Crippen LogP contribution >= 0.6 is 0 Å². The first-order valence-corrected chi connectivity index (χ1v) is 8.55. The molecule has 1 atom stereocenters. The van der Waals surface area contributed by atoms with Gasteiger partial charge in [-0.05, 0) is 25.0 Å². The van der Waals surface area contributed by atoms with E-state index in [1.807, 2.05) is 6.07 Å². The molecule has 0 saturated carbocycles. The van der Waals surface area contributed by atoms with E-state index in [4.69, 9.17) is 5.26 Å². The average molecular weight is 307 g/mol. The molecule has 0 bridgehead atoms. The lowest BCUT2D eigenvalue weighted by Crippen LogP contribution is -2.49. The van der Waals surface area contributed by atoms with E-state index in [9.17, 15) is 13.2 Å². The number of nitriles is 1. The minimum atomic E-state index is -3.42. The van der Waals surface area contributed by atoms with E-state index in [1.54, 1.807) is 24.3 Å². The Bertz CT molecular complexity index is 679. The van der Waals surface area contributed by atoms with Gasteiger partial charge in [0.25, 0.3) is 0 Å². The molecule has 112 valence electrons. The maximum absolute atomic E-state index is 12.4. The summed E-state index contributed by atoms with van der Waals surface area (Å²) in [5, 5.41) is 11.7. The highest BCUT2D eigenvalue weighted by molar-refractivity contribution is 7.88. The van der Waals surface area contributed by atoms with E-state index in [-0.39, 0.29) is 5.91 Å². The van der Waals surface area contributed by atoms with Crippen molar-refractivity contribution in [1.29, 1.82) is 5.26 Å². The Hall–Kier alpha value is -1.91. The Morgan fingerprint density at radius 2 is 2.10 bits per heavy atom. The van der Waals surface area contributed by atoms with Crippen LogP contribution in [0.1, 0.15) is 24.8 Å². The van der Waals surface area contributed by atoms with E-state index in [0.29, 0.717) is 24.2 Å². The molecule has 7 heteroatoms. The van der Waals surface area contributed by atoms with Gasteiger partial charge in [-0.2, -0.15) is 9.57 Å². The highest BCUT2D eigenvalue weighted by atomic mass is 32.2. The van der Waals surface area contributed by atoms with Crippen LogP contribution in [-0.2, 0) is 14.8 Å². The van der Waals surface area contributed by atoms with E-state index in [2.05, 4.69) is 5.32 Å². The molecular formula is C14H17N3O3S. The number of nitrogens with zero attached hydrogens (tertiary/aromatic N) is 2. The third kappa shape index (κ3) is 3.60. The van der Waals surface area contributed by atoms with E-state index >= 15 is 0 Å². The van der Waals surface area contributed by atoms with Crippen molar-refractivity contribution in [2.45, 2.75) is 25.3 Å². The fourth-order valence-electron chi connectivity index (χ4n) is 2.47. The van der Waals surface area contributed by atoms with E-state index < -0.39 is 16.1 Å². The number of carbonyl (C=O) groups excluding carboxylic acids is 1. The van der Waals surface area contributed by atoms with Gasteiger partial charge >= 0.3 is 0 Å². The van der Waals surface area contributed by atoms with Gasteiger partial charge in [-0.3, -0.25) is 4.79 Å². The lowest BCUT2D eigenvalue weighted by Gasteiger charge is -2.32. The minimum absolute atomic E-state index is 0.354. The van der Waals surface area contributed by atoms with Crippen LogP contribution in [0.5, 0.6) is 0 Å². The molecule has 2 rings (SSSR count). The molecule has 1 heterocycles. The topological polar surface area (TPSA) is 90.3 Å². The second-order valence-corrected chi connectivity index (χ2v) is 6.97. The highest BCUT2D eigenvalue weighted by Gasteiger charge is 2.34. The molecule has 1 aliphatic heterocycles. The van der Waals surface area contributed by atoms with Crippen molar-refractivity contribution in [1.82, 2.24) is 4.31 Å². The van der Waals surface area contributed by atoms with Gasteiger partial charge in [0.05, 0.1) is 17.5 Å². The van der Waals surface area contributed by atoms with Crippen LogP contribution in [0.2, 0.25) is 0 Å². The van der Waals surface area contributed by atoms with Crippen LogP contribution < -0.4 is 5.32 Å². The number of hydrogen-bond donors (Lipinski definition) is 1. The zero-order chi connectivity index (χ0) is 15.5. The molecule has 6 nitrogen and oxygen atoms in total. The van der Waals surface area contributed by atoms with Gasteiger partial charge in [-0.1, -0.05) is 18.6 Å². The molecule has 21 heavy (non-hydrogen) atoms. The summed E-state index contributed by atoms with van der Waals surface area (Å²) in [6.07, 6.45) is 3.17. The lowest BCUT2D eigenvalue weighted by atomic mass is 10.0. The van der Waals surface area contributed by atoms with Crippen molar-refractivity contribution in [3.05, 3.63) is 29.8 Å². The molecule has 1 unspecified atom stereocenters. The lowest BCUT2D eigenvalue weighted by molar-refractivity contribution is -0.120. The number of anilines is 1. The van der Waals surface area contributed by atoms with Gasteiger partial charge in [0.1, 0.15) is 12.1 Å². The summed E-state index contributed by atoms with van der Waals surface area (Å²) in [4.78, 5) is 12.4. The van der Waals surface area contributed by atoms with E-state index in [0.717, 1.165) is 19.1 Å². The third-order valence-electron chi connectivity index (χ3n) is 3.49. The zero-order valence-corrected chi connectivity index (χ0v) is 12.6. The first-order chi connectivity index (χ1) is 9.93. The van der Waals surface area contributed by atoms with Gasteiger partial charge in [0.15, 0.2) is 0 Å². The highest BCUT2D eigenvalue weighted by Crippen LogP contribution is 2.22. The van der Waals surface area contributed by atoms with Gasteiger partial charge < -0.3 is 5.32 Å². The van der Waals surface area contributed by atoms with Gasteiger partial charge in [-0.15, -0.1) is 0 Å². The molecule has 1 amide bonds.